The Kier molecular flexibility index (Phi) is 5.74. The van der Waals surface area contributed by atoms with E-state index in [1.165, 1.54) is 29.2 Å². The summed E-state index contributed by atoms with van der Waals surface area (Å²) in [4.78, 5) is 27.1. The summed E-state index contributed by atoms with van der Waals surface area (Å²) in [5.74, 6) is -2.08. The van der Waals surface area contributed by atoms with E-state index >= 15 is 0 Å². The third kappa shape index (κ3) is 3.88. The number of carbonyl (C=O) groups excluding carboxylic acids is 2. The molecule has 4 N–H and O–H groups in total. The van der Waals surface area contributed by atoms with Crippen LogP contribution in [0.2, 0.25) is 0 Å². The van der Waals surface area contributed by atoms with Crippen LogP contribution in [0.5, 0.6) is 11.5 Å². The highest BCUT2D eigenvalue weighted by Crippen LogP contribution is 2.36. The molecular formula is C21H23FN2O5. The molecule has 2 aromatic carbocycles. The Bertz CT molecular complexity index is 910. The zero-order valence-electron chi connectivity index (χ0n) is 16.0. The van der Waals surface area contributed by atoms with Gasteiger partial charge in [0.25, 0.3) is 5.91 Å². The first-order chi connectivity index (χ1) is 13.8. The zero-order chi connectivity index (χ0) is 21.2. The number of halogens is 1. The van der Waals surface area contributed by atoms with Gasteiger partial charge < -0.3 is 25.6 Å². The van der Waals surface area contributed by atoms with Crippen molar-refractivity contribution in [3.63, 3.8) is 0 Å². The molecule has 1 saturated heterocycles. The molecule has 0 radical (unpaired) electrons. The SMILES string of the molecule is COC(=O)C(N)(C(=O)N1CCC(c2ccc(O)cc2O)CC1)c1ccc(F)cc1. The quantitative estimate of drug-likeness (QED) is 0.532. The van der Waals surface area contributed by atoms with Crippen LogP contribution in [0.1, 0.15) is 29.9 Å². The van der Waals surface area contributed by atoms with E-state index in [4.69, 9.17) is 10.5 Å². The minimum Gasteiger partial charge on any atom is -0.508 e. The van der Waals surface area contributed by atoms with Crippen LogP contribution in [0.4, 0.5) is 4.39 Å². The van der Waals surface area contributed by atoms with Crippen LogP contribution in [0.15, 0.2) is 42.5 Å². The molecule has 1 amide bonds. The number of benzene rings is 2. The Labute approximate surface area is 167 Å². The van der Waals surface area contributed by atoms with E-state index in [1.807, 2.05) is 0 Å². The fourth-order valence-corrected chi connectivity index (χ4v) is 3.72. The maximum absolute atomic E-state index is 13.3. The van der Waals surface area contributed by atoms with E-state index in [1.54, 1.807) is 6.07 Å². The molecule has 0 aliphatic carbocycles. The van der Waals surface area contributed by atoms with Crippen molar-refractivity contribution in [1.82, 2.24) is 4.90 Å². The average Bonchev–Trinajstić information content (AvgIpc) is 2.72. The molecule has 1 aliphatic heterocycles. The predicted molar refractivity (Wildman–Crippen MR) is 103 cm³/mol. The van der Waals surface area contributed by atoms with Crippen LogP contribution >= 0.6 is 0 Å². The lowest BCUT2D eigenvalue weighted by atomic mass is 9.85. The molecule has 0 bridgehead atoms. The Hall–Kier alpha value is -3.13. The highest BCUT2D eigenvalue weighted by Gasteiger charge is 2.48. The van der Waals surface area contributed by atoms with E-state index in [0.29, 0.717) is 31.5 Å². The number of ether oxygens (including phenoxy) is 1. The number of methoxy groups -OCH3 is 1. The number of phenols is 2. The molecule has 8 heteroatoms. The van der Waals surface area contributed by atoms with Crippen LogP contribution in [-0.2, 0) is 19.9 Å². The molecule has 29 heavy (non-hydrogen) atoms. The van der Waals surface area contributed by atoms with Crippen molar-refractivity contribution in [2.75, 3.05) is 20.2 Å². The molecule has 1 fully saturated rings. The summed E-state index contributed by atoms with van der Waals surface area (Å²) in [7, 11) is 1.14. The normalized spacial score (nSPS) is 16.9. The lowest BCUT2D eigenvalue weighted by molar-refractivity contribution is -0.157. The summed E-state index contributed by atoms with van der Waals surface area (Å²) in [6.45, 7) is 0.641. The van der Waals surface area contributed by atoms with Gasteiger partial charge in [-0.1, -0.05) is 18.2 Å². The lowest BCUT2D eigenvalue weighted by Crippen LogP contribution is -2.59. The van der Waals surface area contributed by atoms with Crippen molar-refractivity contribution >= 4 is 11.9 Å². The molecule has 3 rings (SSSR count). The minimum atomic E-state index is -2.07. The first-order valence-corrected chi connectivity index (χ1v) is 9.22. The van der Waals surface area contributed by atoms with Gasteiger partial charge in [-0.05, 0) is 48.1 Å². The van der Waals surface area contributed by atoms with Gasteiger partial charge in [-0.2, -0.15) is 0 Å². The zero-order valence-corrected chi connectivity index (χ0v) is 16.0. The van der Waals surface area contributed by atoms with Gasteiger partial charge in [0.05, 0.1) is 7.11 Å². The number of hydrogen-bond donors (Lipinski definition) is 3. The smallest absolute Gasteiger partial charge is 0.340 e. The Morgan fingerprint density at radius 3 is 2.31 bits per heavy atom. The third-order valence-corrected chi connectivity index (χ3v) is 5.38. The highest BCUT2D eigenvalue weighted by atomic mass is 19.1. The van der Waals surface area contributed by atoms with Crippen molar-refractivity contribution in [2.24, 2.45) is 5.73 Å². The van der Waals surface area contributed by atoms with E-state index in [9.17, 15) is 24.2 Å². The Morgan fingerprint density at radius 2 is 1.76 bits per heavy atom. The molecule has 7 nitrogen and oxygen atoms in total. The number of likely N-dealkylation sites (tertiary alicyclic amines) is 1. The minimum absolute atomic E-state index is 0.00354. The highest BCUT2D eigenvalue weighted by molar-refractivity contribution is 6.07. The van der Waals surface area contributed by atoms with Crippen molar-refractivity contribution < 1.29 is 28.9 Å². The molecule has 1 unspecified atom stereocenters. The van der Waals surface area contributed by atoms with Crippen LogP contribution in [0, 0.1) is 5.82 Å². The number of esters is 1. The number of nitrogens with two attached hydrogens (primary N) is 1. The Morgan fingerprint density at radius 1 is 1.14 bits per heavy atom. The molecule has 0 aromatic heterocycles. The number of hydrogen-bond acceptors (Lipinski definition) is 6. The van der Waals surface area contributed by atoms with E-state index in [0.717, 1.165) is 19.2 Å². The molecule has 1 aliphatic rings. The van der Waals surface area contributed by atoms with Gasteiger partial charge in [-0.15, -0.1) is 0 Å². The fourth-order valence-electron chi connectivity index (χ4n) is 3.72. The number of amides is 1. The number of rotatable bonds is 4. The van der Waals surface area contributed by atoms with E-state index in [2.05, 4.69) is 0 Å². The average molecular weight is 402 g/mol. The number of aromatic hydroxyl groups is 2. The summed E-state index contributed by atoms with van der Waals surface area (Å²) in [5.41, 5.74) is 5.00. The van der Waals surface area contributed by atoms with Gasteiger partial charge in [0, 0.05) is 19.2 Å². The summed E-state index contributed by atoms with van der Waals surface area (Å²) in [5, 5.41) is 19.5. The Balaban J connectivity index is 1.80. The number of phenolic OH excluding ortho intramolecular Hbond substituents is 2. The maximum atomic E-state index is 13.3. The van der Waals surface area contributed by atoms with Crippen molar-refractivity contribution in [3.8, 4) is 11.5 Å². The molecule has 154 valence electrons. The summed E-state index contributed by atoms with van der Waals surface area (Å²) < 4.78 is 18.1. The van der Waals surface area contributed by atoms with E-state index < -0.39 is 23.2 Å². The largest absolute Gasteiger partial charge is 0.508 e. The molecule has 1 atom stereocenters. The van der Waals surface area contributed by atoms with Crippen molar-refractivity contribution in [3.05, 3.63) is 59.4 Å². The third-order valence-electron chi connectivity index (χ3n) is 5.38. The summed E-state index contributed by atoms with van der Waals surface area (Å²) in [6.07, 6.45) is 1.09. The number of carbonyl (C=O) groups is 2. The lowest BCUT2D eigenvalue weighted by Gasteiger charge is -2.37. The second-order valence-corrected chi connectivity index (χ2v) is 7.12. The van der Waals surface area contributed by atoms with E-state index in [-0.39, 0.29) is 23.0 Å². The molecular weight excluding hydrogens is 379 g/mol. The first-order valence-electron chi connectivity index (χ1n) is 9.22. The molecule has 0 spiro atoms. The maximum Gasteiger partial charge on any atom is 0.340 e. The summed E-state index contributed by atoms with van der Waals surface area (Å²) in [6, 6.07) is 9.30. The summed E-state index contributed by atoms with van der Waals surface area (Å²) >= 11 is 0. The van der Waals surface area contributed by atoms with Gasteiger partial charge in [0.1, 0.15) is 17.3 Å². The van der Waals surface area contributed by atoms with Crippen LogP contribution < -0.4 is 5.73 Å². The first kappa shape index (κ1) is 20.6. The van der Waals surface area contributed by atoms with Crippen LogP contribution in [-0.4, -0.2) is 47.2 Å². The second kappa shape index (κ2) is 8.08. The van der Waals surface area contributed by atoms with Crippen LogP contribution in [0.3, 0.4) is 0 Å². The molecule has 0 saturated carbocycles. The van der Waals surface area contributed by atoms with Crippen LogP contribution in [0.25, 0.3) is 0 Å². The van der Waals surface area contributed by atoms with Gasteiger partial charge >= 0.3 is 5.97 Å². The van der Waals surface area contributed by atoms with Crippen molar-refractivity contribution in [2.45, 2.75) is 24.3 Å². The second-order valence-electron chi connectivity index (χ2n) is 7.12. The van der Waals surface area contributed by atoms with Gasteiger partial charge in [-0.25, -0.2) is 9.18 Å². The predicted octanol–water partition coefficient (Wildman–Crippen LogP) is 1.97. The van der Waals surface area contributed by atoms with Gasteiger partial charge in [0.2, 0.25) is 5.54 Å². The monoisotopic (exact) mass is 402 g/mol. The topological polar surface area (TPSA) is 113 Å². The standard InChI is InChI=1S/C21H23FN2O5/c1-29-20(28)21(23,14-2-4-15(22)5-3-14)19(27)24-10-8-13(9-11-24)17-7-6-16(25)12-18(17)26/h2-7,12-13,25-26H,8-11,23H2,1H3. The number of nitrogens with zero attached hydrogens (tertiary/aromatic N) is 1. The van der Waals surface area contributed by atoms with Gasteiger partial charge in [-0.3, -0.25) is 4.79 Å². The number of piperidine rings is 1. The fraction of sp³-hybridized carbons (Fsp3) is 0.333. The van der Waals surface area contributed by atoms with Gasteiger partial charge in [0.15, 0.2) is 0 Å². The molecule has 2 aromatic rings. The molecule has 1 heterocycles. The van der Waals surface area contributed by atoms with Crippen molar-refractivity contribution in [1.29, 1.82) is 0 Å².